The van der Waals surface area contributed by atoms with Crippen LogP contribution in [-0.4, -0.2) is 33.1 Å². The van der Waals surface area contributed by atoms with Crippen molar-refractivity contribution in [3.63, 3.8) is 0 Å². The lowest BCUT2D eigenvalue weighted by Crippen LogP contribution is -2.32. The molecule has 1 aliphatic rings. The van der Waals surface area contributed by atoms with Crippen LogP contribution in [0.1, 0.15) is 41.7 Å². The van der Waals surface area contributed by atoms with Crippen LogP contribution < -0.4 is 5.32 Å². The van der Waals surface area contributed by atoms with E-state index in [0.29, 0.717) is 37.4 Å². The van der Waals surface area contributed by atoms with Crippen LogP contribution in [0.15, 0.2) is 79.1 Å². The molecule has 1 fully saturated rings. The largest absolute Gasteiger partial charge is 0.481 e. The zero-order valence-electron chi connectivity index (χ0n) is 19.6. The third kappa shape index (κ3) is 5.11. The third-order valence-corrected chi connectivity index (χ3v) is 7.04. The molecule has 0 unspecified atom stereocenters. The zero-order chi connectivity index (χ0) is 24.2. The van der Waals surface area contributed by atoms with Crippen molar-refractivity contribution in [1.82, 2.24) is 14.9 Å². The van der Waals surface area contributed by atoms with Crippen molar-refractivity contribution in [2.45, 2.75) is 32.2 Å². The quantitative estimate of drug-likeness (QED) is 0.383. The van der Waals surface area contributed by atoms with E-state index in [0.717, 1.165) is 40.6 Å². The number of carbonyl (C=O) groups excluding carboxylic acids is 1. The van der Waals surface area contributed by atoms with Crippen LogP contribution in [-0.2, 0) is 11.3 Å². The zero-order valence-corrected chi connectivity index (χ0v) is 19.6. The van der Waals surface area contributed by atoms with Crippen molar-refractivity contribution in [1.29, 1.82) is 0 Å². The Kier molecular flexibility index (Phi) is 6.62. The van der Waals surface area contributed by atoms with Gasteiger partial charge in [0.1, 0.15) is 0 Å². The number of carboxylic acids is 1. The van der Waals surface area contributed by atoms with Crippen LogP contribution in [0.3, 0.4) is 0 Å². The first-order valence-electron chi connectivity index (χ1n) is 12.2. The van der Waals surface area contributed by atoms with E-state index >= 15 is 0 Å². The number of amides is 1. The Balaban J connectivity index is 1.29. The molecule has 2 N–H and O–H groups in total. The minimum Gasteiger partial charge on any atom is -0.481 e. The molecular weight excluding hydrogens is 438 g/mol. The molecule has 0 atom stereocenters. The van der Waals surface area contributed by atoms with Gasteiger partial charge in [-0.3, -0.25) is 14.6 Å². The molecule has 1 saturated carbocycles. The van der Waals surface area contributed by atoms with Crippen LogP contribution in [0.5, 0.6) is 0 Å². The highest BCUT2D eigenvalue weighted by Crippen LogP contribution is 2.29. The maximum Gasteiger partial charge on any atom is 0.306 e. The summed E-state index contributed by atoms with van der Waals surface area (Å²) in [6, 6.07) is 22.1. The van der Waals surface area contributed by atoms with Crippen LogP contribution >= 0.6 is 0 Å². The lowest BCUT2D eigenvalue weighted by atomic mass is 9.82. The van der Waals surface area contributed by atoms with E-state index in [2.05, 4.69) is 33.1 Å². The molecule has 4 aromatic rings. The van der Waals surface area contributed by atoms with Gasteiger partial charge >= 0.3 is 5.97 Å². The van der Waals surface area contributed by atoms with Gasteiger partial charge in [0.2, 0.25) is 0 Å². The highest BCUT2D eigenvalue weighted by atomic mass is 16.4. The van der Waals surface area contributed by atoms with Crippen LogP contribution in [0.2, 0.25) is 0 Å². The second kappa shape index (κ2) is 10.1. The Hall–Kier alpha value is -3.93. The van der Waals surface area contributed by atoms with Gasteiger partial charge in [-0.2, -0.15) is 0 Å². The number of fused-ring (bicyclic) bond motifs is 1. The minimum absolute atomic E-state index is 0.0942. The third-order valence-electron chi connectivity index (χ3n) is 7.04. The van der Waals surface area contributed by atoms with Crippen molar-refractivity contribution in [2.75, 3.05) is 6.54 Å². The van der Waals surface area contributed by atoms with E-state index in [1.807, 2.05) is 60.9 Å². The fraction of sp³-hybridized carbons (Fsp3) is 0.276. The van der Waals surface area contributed by atoms with Crippen molar-refractivity contribution in [2.24, 2.45) is 11.8 Å². The van der Waals surface area contributed by atoms with Crippen molar-refractivity contribution in [3.8, 4) is 11.1 Å². The second-order valence-corrected chi connectivity index (χ2v) is 9.36. The van der Waals surface area contributed by atoms with E-state index in [9.17, 15) is 14.7 Å². The van der Waals surface area contributed by atoms with E-state index in [-0.39, 0.29) is 11.8 Å². The van der Waals surface area contributed by atoms with Gasteiger partial charge in [-0.05, 0) is 55.4 Å². The summed E-state index contributed by atoms with van der Waals surface area (Å²) >= 11 is 0. The van der Waals surface area contributed by atoms with Crippen LogP contribution in [0, 0.1) is 11.8 Å². The van der Waals surface area contributed by atoms with Crippen LogP contribution in [0.4, 0.5) is 0 Å². The number of para-hydroxylation sites is 1. The molecule has 6 heteroatoms. The maximum atomic E-state index is 13.1. The fourth-order valence-corrected chi connectivity index (χ4v) is 5.02. The maximum absolute atomic E-state index is 13.1. The highest BCUT2D eigenvalue weighted by Gasteiger charge is 2.26. The number of benzene rings is 2. The summed E-state index contributed by atoms with van der Waals surface area (Å²) in [5.74, 6) is -0.713. The Labute approximate surface area is 204 Å². The SMILES string of the molecule is O=C(NC[C@H]1CC[C@H](C(=O)O)CC1)c1cccc2ccn(Cc3ccc(-c4ccccc4)cn3)c12. The predicted molar refractivity (Wildman–Crippen MR) is 136 cm³/mol. The number of hydrogen-bond donors (Lipinski definition) is 2. The highest BCUT2D eigenvalue weighted by molar-refractivity contribution is 6.06. The summed E-state index contributed by atoms with van der Waals surface area (Å²) < 4.78 is 2.08. The van der Waals surface area contributed by atoms with Crippen molar-refractivity contribution in [3.05, 3.63) is 90.4 Å². The molecule has 0 bridgehead atoms. The van der Waals surface area contributed by atoms with E-state index < -0.39 is 5.97 Å². The first-order chi connectivity index (χ1) is 17.1. The molecule has 5 rings (SSSR count). The number of pyridine rings is 1. The lowest BCUT2D eigenvalue weighted by molar-refractivity contribution is -0.143. The van der Waals surface area contributed by atoms with Gasteiger partial charge in [0, 0.05) is 29.9 Å². The molecule has 0 radical (unpaired) electrons. The average molecular weight is 468 g/mol. The first kappa shape index (κ1) is 22.8. The Morgan fingerprint density at radius 3 is 2.43 bits per heavy atom. The number of carbonyl (C=O) groups is 2. The number of carboxylic acid groups (broad SMARTS) is 1. The molecule has 0 saturated heterocycles. The van der Waals surface area contributed by atoms with E-state index in [1.54, 1.807) is 0 Å². The van der Waals surface area contributed by atoms with Gasteiger partial charge in [-0.15, -0.1) is 0 Å². The molecular formula is C29H29N3O3. The molecule has 1 aliphatic carbocycles. The van der Waals surface area contributed by atoms with Crippen molar-refractivity contribution < 1.29 is 14.7 Å². The van der Waals surface area contributed by atoms with Gasteiger partial charge in [-0.1, -0.05) is 48.5 Å². The number of aromatic nitrogens is 2. The predicted octanol–water partition coefficient (Wildman–Crippen LogP) is 5.37. The summed E-state index contributed by atoms with van der Waals surface area (Å²) in [5.41, 5.74) is 4.67. The smallest absolute Gasteiger partial charge is 0.306 e. The van der Waals surface area contributed by atoms with Gasteiger partial charge in [0.25, 0.3) is 5.91 Å². The standard InChI is InChI=1S/C29H29N3O3/c33-28(31-17-20-9-11-23(12-10-20)29(34)35)26-8-4-7-22-15-16-32(27(22)26)19-25-14-13-24(18-30-25)21-5-2-1-3-6-21/h1-8,13-16,18,20,23H,9-12,17,19H2,(H,31,33)(H,34,35)/t20-,23-. The Morgan fingerprint density at radius 2 is 1.71 bits per heavy atom. The fourth-order valence-electron chi connectivity index (χ4n) is 5.02. The second-order valence-electron chi connectivity index (χ2n) is 9.36. The normalized spacial score (nSPS) is 17.8. The van der Waals surface area contributed by atoms with Crippen LogP contribution in [0.25, 0.3) is 22.0 Å². The van der Waals surface area contributed by atoms with E-state index in [1.165, 1.54) is 0 Å². The molecule has 178 valence electrons. The molecule has 6 nitrogen and oxygen atoms in total. The molecule has 2 heterocycles. The Morgan fingerprint density at radius 1 is 0.914 bits per heavy atom. The van der Waals surface area contributed by atoms with E-state index in [4.69, 9.17) is 0 Å². The average Bonchev–Trinajstić information content (AvgIpc) is 3.31. The van der Waals surface area contributed by atoms with Gasteiger partial charge < -0.3 is 15.0 Å². The molecule has 0 spiro atoms. The molecule has 0 aliphatic heterocycles. The Bertz CT molecular complexity index is 1320. The molecule has 1 amide bonds. The number of rotatable bonds is 7. The first-order valence-corrected chi connectivity index (χ1v) is 12.2. The molecule has 2 aromatic heterocycles. The number of nitrogens with zero attached hydrogens (tertiary/aromatic N) is 2. The lowest BCUT2D eigenvalue weighted by Gasteiger charge is -2.26. The minimum atomic E-state index is -0.705. The number of aliphatic carboxylic acids is 1. The summed E-state index contributed by atoms with van der Waals surface area (Å²) in [5, 5.41) is 13.3. The van der Waals surface area contributed by atoms with Gasteiger partial charge in [-0.25, -0.2) is 0 Å². The topological polar surface area (TPSA) is 84.2 Å². The summed E-state index contributed by atoms with van der Waals surface area (Å²) in [4.78, 5) is 29.0. The van der Waals surface area contributed by atoms with Gasteiger partial charge in [0.15, 0.2) is 0 Å². The van der Waals surface area contributed by atoms with Gasteiger partial charge in [0.05, 0.1) is 29.2 Å². The molecule has 2 aromatic carbocycles. The number of hydrogen-bond acceptors (Lipinski definition) is 3. The summed E-state index contributed by atoms with van der Waals surface area (Å²) in [6.45, 7) is 1.15. The summed E-state index contributed by atoms with van der Waals surface area (Å²) in [7, 11) is 0. The molecule has 35 heavy (non-hydrogen) atoms. The number of nitrogens with one attached hydrogen (secondary N) is 1. The van der Waals surface area contributed by atoms with Crippen molar-refractivity contribution >= 4 is 22.8 Å². The summed E-state index contributed by atoms with van der Waals surface area (Å²) in [6.07, 6.45) is 6.93. The monoisotopic (exact) mass is 467 g/mol.